The maximum absolute atomic E-state index is 14.2. The van der Waals surface area contributed by atoms with E-state index in [1.165, 1.54) is 0 Å². The van der Waals surface area contributed by atoms with Crippen LogP contribution in [0.2, 0.25) is 0 Å². The molecule has 10 heteroatoms. The minimum absolute atomic E-state index is 0.113. The van der Waals surface area contributed by atoms with Gasteiger partial charge in [0.25, 0.3) is 0 Å². The number of likely N-dealkylation sites (N-methyl/N-ethyl adjacent to an activating group) is 1. The van der Waals surface area contributed by atoms with Crippen LogP contribution in [0.1, 0.15) is 61.9 Å². The number of fused-ring (bicyclic) bond motifs is 1. The van der Waals surface area contributed by atoms with Gasteiger partial charge in [-0.2, -0.15) is 0 Å². The van der Waals surface area contributed by atoms with Gasteiger partial charge in [0.2, 0.25) is 5.91 Å². The van der Waals surface area contributed by atoms with Gasteiger partial charge in [-0.25, -0.2) is 9.78 Å². The normalized spacial score (nSPS) is 14.5. The Morgan fingerprint density at radius 2 is 1.87 bits per heavy atom. The maximum atomic E-state index is 14.2. The third-order valence-electron chi connectivity index (χ3n) is 8.11. The van der Waals surface area contributed by atoms with Crippen LogP contribution < -0.4 is 16.4 Å². The first kappa shape index (κ1) is 32.2. The lowest BCUT2D eigenvalue weighted by Gasteiger charge is -2.27. The lowest BCUT2D eigenvalue weighted by atomic mass is 9.90. The third kappa shape index (κ3) is 7.40. The molecule has 0 saturated heterocycles. The fourth-order valence-electron chi connectivity index (χ4n) is 5.62. The number of aryl methyl sites for hydroxylation is 1. The molecule has 1 aliphatic carbocycles. The van der Waals surface area contributed by atoms with Crippen LogP contribution in [-0.2, 0) is 21.5 Å². The zero-order chi connectivity index (χ0) is 32.5. The van der Waals surface area contributed by atoms with E-state index in [0.29, 0.717) is 18.1 Å². The van der Waals surface area contributed by atoms with Gasteiger partial charge in [0, 0.05) is 46.4 Å². The minimum Gasteiger partial charge on any atom is -0.444 e. The highest BCUT2D eigenvalue weighted by Crippen LogP contribution is 2.49. The van der Waals surface area contributed by atoms with Crippen molar-refractivity contribution in [2.75, 3.05) is 30.0 Å². The highest BCUT2D eigenvalue weighted by atomic mass is 79.9. The summed E-state index contributed by atoms with van der Waals surface area (Å²) in [7, 11) is 1.78. The summed E-state index contributed by atoms with van der Waals surface area (Å²) < 4.78 is 6.28. The van der Waals surface area contributed by atoms with Crippen LogP contribution in [0.4, 0.5) is 22.0 Å². The number of nitrogens with one attached hydrogen (secondary N) is 2. The number of pyridine rings is 1. The fraction of sp³-hybridized carbons (Fsp3) is 0.343. The molecule has 1 aliphatic rings. The molecule has 5 rings (SSSR count). The molecule has 1 aromatic heterocycles. The average Bonchev–Trinajstić information content (AvgIpc) is 3.77. The third-order valence-corrected chi connectivity index (χ3v) is 8.88. The molecular formula is C35H40BrN5O4. The molecule has 9 nitrogen and oxygen atoms in total. The molecule has 1 heterocycles. The van der Waals surface area contributed by atoms with Crippen LogP contribution in [0.25, 0.3) is 10.8 Å². The van der Waals surface area contributed by atoms with E-state index in [9.17, 15) is 14.7 Å². The number of halogens is 1. The molecule has 0 spiro atoms. The van der Waals surface area contributed by atoms with Gasteiger partial charge >= 0.3 is 6.09 Å². The number of rotatable bonds is 9. The number of nitrogen functional groups attached to an aromatic ring is 1. The summed E-state index contributed by atoms with van der Waals surface area (Å²) in [5.41, 5.74) is 10.5. The van der Waals surface area contributed by atoms with E-state index < -0.39 is 17.7 Å². The first-order valence-electron chi connectivity index (χ1n) is 14.9. The van der Waals surface area contributed by atoms with Gasteiger partial charge in [-0.15, -0.1) is 0 Å². The summed E-state index contributed by atoms with van der Waals surface area (Å²) in [6.07, 6.45) is 2.95. The van der Waals surface area contributed by atoms with Crippen LogP contribution in [0.5, 0.6) is 0 Å². The SMILES string of the molecule is Cc1cc(C(Nc2ccc3c(NC(=O)OC(C)(C)C)nccc3c2)C(=O)N(C)Cc2cc(N)ccc2Br)ccc1C1(CO)CC1. The summed E-state index contributed by atoms with van der Waals surface area (Å²) in [5.74, 6) is 0.263. The molecule has 0 aliphatic heterocycles. The van der Waals surface area contributed by atoms with Gasteiger partial charge in [0.1, 0.15) is 17.5 Å². The first-order chi connectivity index (χ1) is 21.3. The molecule has 2 amide bonds. The van der Waals surface area contributed by atoms with E-state index >= 15 is 0 Å². The Hall–Kier alpha value is -4.15. The first-order valence-corrected chi connectivity index (χ1v) is 15.7. The maximum Gasteiger partial charge on any atom is 0.413 e. The molecule has 1 unspecified atom stereocenters. The van der Waals surface area contributed by atoms with E-state index in [4.69, 9.17) is 10.5 Å². The summed E-state index contributed by atoms with van der Waals surface area (Å²) in [4.78, 5) is 32.6. The second-order valence-corrected chi connectivity index (χ2v) is 13.7. The molecule has 1 atom stereocenters. The van der Waals surface area contributed by atoms with E-state index in [2.05, 4.69) is 31.5 Å². The highest BCUT2D eigenvalue weighted by Gasteiger charge is 2.44. The van der Waals surface area contributed by atoms with Crippen molar-refractivity contribution in [1.29, 1.82) is 0 Å². The summed E-state index contributed by atoms with van der Waals surface area (Å²) in [5, 5.41) is 17.8. The Labute approximate surface area is 272 Å². The largest absolute Gasteiger partial charge is 0.444 e. The van der Waals surface area contributed by atoms with Gasteiger partial charge in [-0.1, -0.05) is 34.1 Å². The number of benzene rings is 3. The van der Waals surface area contributed by atoms with Crippen molar-refractivity contribution in [1.82, 2.24) is 9.88 Å². The predicted molar refractivity (Wildman–Crippen MR) is 182 cm³/mol. The van der Waals surface area contributed by atoms with Crippen LogP contribution in [0.15, 0.2) is 71.3 Å². The van der Waals surface area contributed by atoms with E-state index in [0.717, 1.165) is 56.0 Å². The molecule has 4 aromatic rings. The number of nitrogens with two attached hydrogens (primary N) is 1. The number of aliphatic hydroxyl groups is 1. The number of nitrogens with zero attached hydrogens (tertiary/aromatic N) is 2. The molecule has 0 bridgehead atoms. The molecule has 5 N–H and O–H groups in total. The van der Waals surface area contributed by atoms with Crippen LogP contribution in [0.3, 0.4) is 0 Å². The predicted octanol–water partition coefficient (Wildman–Crippen LogP) is 7.07. The van der Waals surface area contributed by atoms with Crippen molar-refractivity contribution < 1.29 is 19.4 Å². The molecule has 3 aromatic carbocycles. The molecule has 1 saturated carbocycles. The Bertz CT molecular complexity index is 1750. The number of ether oxygens (including phenoxy) is 1. The van der Waals surface area contributed by atoms with Crippen molar-refractivity contribution in [2.45, 2.75) is 64.1 Å². The van der Waals surface area contributed by atoms with E-state index in [1.54, 1.807) is 38.9 Å². The van der Waals surface area contributed by atoms with Crippen molar-refractivity contribution in [2.24, 2.45) is 0 Å². The Morgan fingerprint density at radius 1 is 1.11 bits per heavy atom. The molecular weight excluding hydrogens is 634 g/mol. The number of hydrogen-bond acceptors (Lipinski definition) is 7. The monoisotopic (exact) mass is 673 g/mol. The molecule has 236 valence electrons. The second kappa shape index (κ2) is 12.7. The fourth-order valence-corrected chi connectivity index (χ4v) is 5.99. The molecule has 1 fully saturated rings. The topological polar surface area (TPSA) is 130 Å². The van der Waals surface area contributed by atoms with Gasteiger partial charge in [0.05, 0.1) is 6.61 Å². The standard InChI is InChI=1S/C35H40BrN5O4/c1-21-16-23(6-10-28(21)35(20-42)13-14-35)30(32(43)41(5)19-24-17-25(37)7-11-29(24)36)39-26-8-9-27-22(18-26)12-15-38-31(27)40-33(44)45-34(2,3)4/h6-12,15-18,30,39,42H,13-14,19-20,37H2,1-5H3,(H,38,40,44). The van der Waals surface area contributed by atoms with Gasteiger partial charge in [-0.05, 0) is 111 Å². The minimum atomic E-state index is -0.703. The smallest absolute Gasteiger partial charge is 0.413 e. The number of hydrogen-bond donors (Lipinski definition) is 4. The molecule has 45 heavy (non-hydrogen) atoms. The number of aliphatic hydroxyl groups excluding tert-OH is 1. The van der Waals surface area contributed by atoms with Crippen molar-refractivity contribution >= 4 is 55.9 Å². The Kier molecular flexibility index (Phi) is 9.09. The summed E-state index contributed by atoms with van der Waals surface area (Å²) in [6.45, 7) is 7.91. The zero-order valence-corrected chi connectivity index (χ0v) is 27.9. The number of aromatic nitrogens is 1. The van der Waals surface area contributed by atoms with Gasteiger partial charge < -0.3 is 25.8 Å². The number of carbonyl (C=O) groups is 2. The van der Waals surface area contributed by atoms with Crippen molar-refractivity contribution in [3.8, 4) is 0 Å². The Morgan fingerprint density at radius 3 is 2.53 bits per heavy atom. The van der Waals surface area contributed by atoms with Crippen molar-refractivity contribution in [3.05, 3.63) is 93.6 Å². The van der Waals surface area contributed by atoms with Crippen LogP contribution >= 0.6 is 15.9 Å². The van der Waals surface area contributed by atoms with Crippen LogP contribution in [-0.4, -0.2) is 46.2 Å². The second-order valence-electron chi connectivity index (χ2n) is 12.9. The number of anilines is 3. The van der Waals surface area contributed by atoms with Gasteiger partial charge in [-0.3, -0.25) is 10.1 Å². The average molecular weight is 675 g/mol. The van der Waals surface area contributed by atoms with E-state index in [-0.39, 0.29) is 17.9 Å². The quantitative estimate of drug-likeness (QED) is 0.140. The zero-order valence-electron chi connectivity index (χ0n) is 26.3. The van der Waals surface area contributed by atoms with E-state index in [1.807, 2.05) is 67.6 Å². The number of carbonyl (C=O) groups excluding carboxylic acids is 2. The summed E-state index contributed by atoms with van der Waals surface area (Å²) in [6, 6.07) is 18.4. The summed E-state index contributed by atoms with van der Waals surface area (Å²) >= 11 is 3.58. The van der Waals surface area contributed by atoms with Crippen LogP contribution in [0, 0.1) is 6.92 Å². The Balaban J connectivity index is 1.46. The van der Waals surface area contributed by atoms with Gasteiger partial charge in [0.15, 0.2) is 0 Å². The number of amides is 2. The highest BCUT2D eigenvalue weighted by molar-refractivity contribution is 9.10. The molecule has 0 radical (unpaired) electrons. The van der Waals surface area contributed by atoms with Crippen molar-refractivity contribution in [3.63, 3.8) is 0 Å². The lowest BCUT2D eigenvalue weighted by Crippen LogP contribution is -2.35. The lowest BCUT2D eigenvalue weighted by molar-refractivity contribution is -0.131.